The van der Waals surface area contributed by atoms with Crippen LogP contribution in [0.25, 0.3) is 10.2 Å². The number of anilines is 1. The Morgan fingerprint density at radius 3 is 2.49 bits per heavy atom. The lowest BCUT2D eigenvalue weighted by Gasteiger charge is -2.24. The van der Waals surface area contributed by atoms with Crippen molar-refractivity contribution < 1.29 is 33.8 Å². The second-order valence-corrected chi connectivity index (χ2v) is 16.6. The van der Waals surface area contributed by atoms with E-state index in [4.69, 9.17) is 10.5 Å². The van der Waals surface area contributed by atoms with Gasteiger partial charge in [-0.25, -0.2) is 9.78 Å². The number of carbonyl (C=O) groups excluding carboxylic acids is 4. The molecule has 55 heavy (non-hydrogen) atoms. The molecule has 1 aliphatic heterocycles. The van der Waals surface area contributed by atoms with Crippen LogP contribution in [0.3, 0.4) is 0 Å². The van der Waals surface area contributed by atoms with Crippen molar-refractivity contribution in [1.82, 2.24) is 15.2 Å². The van der Waals surface area contributed by atoms with E-state index < -0.39 is 41.8 Å². The third-order valence-corrected chi connectivity index (χ3v) is 12.2. The maximum Gasteiger partial charge on any atom is 0.329 e. The average molecular weight is 793 g/mol. The molecule has 5 rings (SSSR count). The van der Waals surface area contributed by atoms with Crippen LogP contribution >= 0.6 is 23.1 Å². The number of amides is 2. The van der Waals surface area contributed by atoms with Gasteiger partial charge >= 0.3 is 11.9 Å². The predicted octanol–water partition coefficient (Wildman–Crippen LogP) is 5.26. The van der Waals surface area contributed by atoms with Crippen molar-refractivity contribution in [2.45, 2.75) is 82.9 Å². The molecule has 1 aromatic heterocycles. The summed E-state index contributed by atoms with van der Waals surface area (Å²) in [6, 6.07) is 13.2. The van der Waals surface area contributed by atoms with E-state index in [1.165, 1.54) is 23.1 Å². The van der Waals surface area contributed by atoms with Gasteiger partial charge in [-0.1, -0.05) is 43.2 Å². The van der Waals surface area contributed by atoms with Gasteiger partial charge in [0.1, 0.15) is 16.7 Å². The molecule has 2 aromatic carbocycles. The zero-order valence-corrected chi connectivity index (χ0v) is 33.2. The Hall–Kier alpha value is -4.18. The van der Waals surface area contributed by atoms with Gasteiger partial charge in [0.2, 0.25) is 11.8 Å². The summed E-state index contributed by atoms with van der Waals surface area (Å²) in [6.45, 7) is 1.43. The van der Waals surface area contributed by atoms with Gasteiger partial charge in [0.05, 0.1) is 28.1 Å². The molecule has 3 aromatic rings. The molecule has 2 heterocycles. The number of rotatable bonds is 21. The molecule has 1 unspecified atom stereocenters. The zero-order valence-electron chi connectivity index (χ0n) is 31.5. The summed E-state index contributed by atoms with van der Waals surface area (Å²) in [5.41, 5.74) is 7.90. The Balaban J connectivity index is 1.26. The fourth-order valence-electron chi connectivity index (χ4n) is 6.96. The number of ketones is 1. The van der Waals surface area contributed by atoms with E-state index in [1.54, 1.807) is 12.1 Å². The van der Waals surface area contributed by atoms with Crippen LogP contribution in [0.2, 0.25) is 0 Å². The minimum Gasteiger partial charge on any atom is -0.480 e. The highest BCUT2D eigenvalue weighted by Crippen LogP contribution is 2.34. The molecule has 1 saturated carbocycles. The predicted molar refractivity (Wildman–Crippen MR) is 216 cm³/mol. The summed E-state index contributed by atoms with van der Waals surface area (Å²) in [4.78, 5) is 77.2. The minimum absolute atomic E-state index is 0.0585. The second kappa shape index (κ2) is 20.7. The lowest BCUT2D eigenvalue weighted by Crippen LogP contribution is -2.46. The number of unbranched alkanes of at least 4 members (excludes halogenated alkanes) is 2. The number of ether oxygens (including phenoxy) is 1. The first-order valence-corrected chi connectivity index (χ1v) is 20.9. The van der Waals surface area contributed by atoms with E-state index in [0.717, 1.165) is 23.2 Å². The zero-order chi connectivity index (χ0) is 39.3. The monoisotopic (exact) mass is 792 g/mol. The van der Waals surface area contributed by atoms with Crippen molar-refractivity contribution in [1.29, 1.82) is 0 Å². The molecule has 0 bridgehead atoms. The van der Waals surface area contributed by atoms with Crippen molar-refractivity contribution >= 4 is 73.6 Å². The molecule has 13 nitrogen and oxygen atoms in total. The fourth-order valence-corrected chi connectivity index (χ4v) is 9.06. The van der Waals surface area contributed by atoms with Gasteiger partial charge in [0.25, 0.3) is 0 Å². The Labute approximate surface area is 330 Å². The summed E-state index contributed by atoms with van der Waals surface area (Å²) in [7, 11) is 3.97. The lowest BCUT2D eigenvalue weighted by molar-refractivity contribution is -0.153. The Morgan fingerprint density at radius 2 is 1.76 bits per heavy atom. The molecule has 15 heteroatoms. The molecule has 5 atom stereocenters. The SMILES string of the molecule is CN(C)CCCC[C@H](NC(=O)[C@@H]1CCCC1C(=O)OCc1ccccc1)C(=O)C[C@@H](CCCCN)C(=O)Nc1ccc2nc(C3=N[C@@H](C(=O)O)CS3)sc2c1. The number of nitrogens with zero attached hydrogens (tertiary/aromatic N) is 3. The van der Waals surface area contributed by atoms with Gasteiger partial charge in [0.15, 0.2) is 11.8 Å². The maximum absolute atomic E-state index is 14.1. The van der Waals surface area contributed by atoms with Gasteiger partial charge < -0.3 is 31.1 Å². The molecule has 2 amide bonds. The first-order valence-electron chi connectivity index (χ1n) is 19.1. The third-order valence-electron chi connectivity index (χ3n) is 10.0. The van der Waals surface area contributed by atoms with E-state index in [0.29, 0.717) is 84.9 Å². The Morgan fingerprint density at radius 1 is 1.00 bits per heavy atom. The summed E-state index contributed by atoms with van der Waals surface area (Å²) in [5.74, 6) is -3.69. The molecule has 0 radical (unpaired) electrons. The van der Waals surface area contributed by atoms with Crippen LogP contribution in [0.4, 0.5) is 5.69 Å². The smallest absolute Gasteiger partial charge is 0.329 e. The highest BCUT2D eigenvalue weighted by atomic mass is 32.2. The highest BCUT2D eigenvalue weighted by molar-refractivity contribution is 8.15. The van der Waals surface area contributed by atoms with Crippen LogP contribution in [0.5, 0.6) is 0 Å². The molecule has 5 N–H and O–H groups in total. The number of carboxylic acid groups (broad SMARTS) is 1. The summed E-state index contributed by atoms with van der Waals surface area (Å²) in [5, 5.41) is 16.5. The molecular formula is C40H52N6O7S2. The van der Waals surface area contributed by atoms with Crippen LogP contribution in [0.15, 0.2) is 53.5 Å². The summed E-state index contributed by atoms with van der Waals surface area (Å²) >= 11 is 2.73. The number of hydrogen-bond acceptors (Lipinski definition) is 12. The first-order chi connectivity index (χ1) is 26.5. The van der Waals surface area contributed by atoms with Crippen LogP contribution in [-0.2, 0) is 35.3 Å². The van der Waals surface area contributed by atoms with Crippen molar-refractivity contribution in [3.8, 4) is 0 Å². The topological polar surface area (TPSA) is 193 Å². The average Bonchev–Trinajstić information content (AvgIpc) is 3.95. The highest BCUT2D eigenvalue weighted by Gasteiger charge is 2.40. The van der Waals surface area contributed by atoms with Crippen molar-refractivity contribution in [2.24, 2.45) is 28.5 Å². The number of aromatic nitrogens is 1. The van der Waals surface area contributed by atoms with Crippen LogP contribution in [0.1, 0.15) is 74.8 Å². The lowest BCUT2D eigenvalue weighted by atomic mass is 9.90. The number of thioether (sulfide) groups is 1. The molecule has 296 valence electrons. The second-order valence-electron chi connectivity index (χ2n) is 14.5. The molecular weight excluding hydrogens is 741 g/mol. The van der Waals surface area contributed by atoms with E-state index in [2.05, 4.69) is 25.5 Å². The maximum atomic E-state index is 14.1. The van der Waals surface area contributed by atoms with Gasteiger partial charge in [-0.15, -0.1) is 23.1 Å². The van der Waals surface area contributed by atoms with Crippen LogP contribution in [0, 0.1) is 17.8 Å². The van der Waals surface area contributed by atoms with Gasteiger partial charge in [-0.2, -0.15) is 0 Å². The number of fused-ring (bicyclic) bond motifs is 1. The number of aliphatic carboxylic acids is 1. The van der Waals surface area contributed by atoms with Gasteiger partial charge in [-0.3, -0.25) is 24.2 Å². The van der Waals surface area contributed by atoms with Crippen molar-refractivity contribution in [3.05, 3.63) is 59.1 Å². The molecule has 1 aliphatic carbocycles. The number of carbonyl (C=O) groups is 5. The number of Topliss-reactive ketones (excluding diaryl/α,β-unsaturated/α-hetero) is 1. The van der Waals surface area contributed by atoms with Crippen molar-refractivity contribution in [3.63, 3.8) is 0 Å². The van der Waals surface area contributed by atoms with Crippen molar-refractivity contribution in [2.75, 3.05) is 38.3 Å². The number of thiazole rings is 1. The standard InChI is InChI=1S/C40H52N6O7S2/c1-46(2)20-9-7-16-30(43-36(49)28-14-10-15-29(28)40(52)53-23-25-11-4-3-5-12-25)33(47)21-26(13-6-8-19-41)35(48)42-27-17-18-31-34(22-27)55-38(44-31)37-45-32(24-54-37)39(50)51/h3-5,11-12,17-18,22,26,28-30,32H,6-10,13-16,19-21,23-24,41H2,1-2H3,(H,42,48)(H,43,49)(H,50,51)/t26-,28-,29?,30+,32-/m1/s1. The number of aliphatic imine (C=N–C) groups is 1. The number of benzene rings is 2. The molecule has 0 spiro atoms. The van der Waals surface area contributed by atoms with Crippen LogP contribution in [-0.4, -0.2) is 94.6 Å². The Kier molecular flexibility index (Phi) is 15.8. The van der Waals surface area contributed by atoms with E-state index in [-0.39, 0.29) is 30.6 Å². The number of esters is 1. The third kappa shape index (κ3) is 12.2. The summed E-state index contributed by atoms with van der Waals surface area (Å²) < 4.78 is 6.41. The first kappa shape index (κ1) is 42.0. The molecule has 1 fully saturated rings. The Bertz CT molecular complexity index is 1830. The number of hydrogen-bond donors (Lipinski definition) is 4. The van der Waals surface area contributed by atoms with Gasteiger partial charge in [0, 0.05) is 23.8 Å². The normalized spacial score (nSPS) is 19.2. The van der Waals surface area contributed by atoms with E-state index in [9.17, 15) is 29.1 Å². The quantitative estimate of drug-likeness (QED) is 0.0812. The molecule has 2 aliphatic rings. The van der Waals surface area contributed by atoms with E-state index in [1.807, 2.05) is 50.5 Å². The van der Waals surface area contributed by atoms with E-state index >= 15 is 0 Å². The fraction of sp³-hybridized carbons (Fsp3) is 0.525. The minimum atomic E-state index is -0.967. The molecule has 0 saturated heterocycles. The largest absolute Gasteiger partial charge is 0.480 e. The summed E-state index contributed by atoms with van der Waals surface area (Å²) in [6.07, 6.45) is 5.49. The number of nitrogens with two attached hydrogens (primary N) is 1. The van der Waals surface area contributed by atoms with Gasteiger partial charge in [-0.05, 0) is 95.9 Å². The van der Waals surface area contributed by atoms with Crippen LogP contribution < -0.4 is 16.4 Å². The number of nitrogens with one attached hydrogen (secondary N) is 2. The number of carboxylic acids is 1.